The number of benzene rings is 2. The maximum atomic E-state index is 12.4. The van der Waals surface area contributed by atoms with Gasteiger partial charge in [0, 0.05) is 16.6 Å². The monoisotopic (exact) mass is 367 g/mol. The number of para-hydroxylation sites is 1. The molecule has 0 radical (unpaired) electrons. The van der Waals surface area contributed by atoms with E-state index in [0.717, 1.165) is 35.5 Å². The van der Waals surface area contributed by atoms with Crippen LogP contribution in [0.5, 0.6) is 0 Å². The Kier molecular flexibility index (Phi) is 4.71. The van der Waals surface area contributed by atoms with Crippen LogP contribution >= 0.6 is 11.6 Å². The van der Waals surface area contributed by atoms with Crippen LogP contribution in [0.3, 0.4) is 0 Å². The van der Waals surface area contributed by atoms with Crippen molar-refractivity contribution >= 4 is 23.2 Å². The van der Waals surface area contributed by atoms with E-state index >= 15 is 0 Å². The van der Waals surface area contributed by atoms with E-state index in [2.05, 4.69) is 15.5 Å². The van der Waals surface area contributed by atoms with Crippen molar-refractivity contribution in [1.29, 1.82) is 0 Å². The summed E-state index contributed by atoms with van der Waals surface area (Å²) in [6, 6.07) is 14.9. The normalized spacial score (nSPS) is 13.6. The van der Waals surface area contributed by atoms with E-state index < -0.39 is 0 Å². The molecule has 132 valence electrons. The minimum Gasteiger partial charge on any atom is -0.339 e. The molecule has 1 aliphatic carbocycles. The maximum absolute atomic E-state index is 12.4. The molecule has 0 saturated heterocycles. The molecule has 2 aromatic carbocycles. The first-order valence-corrected chi connectivity index (χ1v) is 9.00. The quantitative estimate of drug-likeness (QED) is 0.702. The maximum Gasteiger partial charge on any atom is 0.231 e. The molecule has 5 nitrogen and oxygen atoms in total. The molecule has 0 atom stereocenters. The number of nitrogens with zero attached hydrogens (tertiary/aromatic N) is 2. The molecule has 1 aromatic heterocycles. The molecular formula is C20H18ClN3O2. The second-order valence-corrected chi connectivity index (χ2v) is 6.94. The smallest absolute Gasteiger partial charge is 0.231 e. The van der Waals surface area contributed by atoms with Crippen molar-refractivity contribution in [3.63, 3.8) is 0 Å². The first-order valence-electron chi connectivity index (χ1n) is 8.62. The van der Waals surface area contributed by atoms with E-state index in [-0.39, 0.29) is 12.3 Å². The number of anilines is 1. The Morgan fingerprint density at radius 1 is 1.15 bits per heavy atom. The standard InChI is InChI=1S/C20H18ClN3O2/c21-16-9-5-13(6-10-16)11-18(25)22-17-4-2-1-3-15(17)12-19-23-20(24-26-19)14-7-8-14/h1-6,9-10,14H,7-8,11-12H2,(H,22,25). The molecule has 4 rings (SSSR count). The summed E-state index contributed by atoms with van der Waals surface area (Å²) in [6.07, 6.45) is 3.06. The molecule has 0 spiro atoms. The number of aromatic nitrogens is 2. The summed E-state index contributed by atoms with van der Waals surface area (Å²) in [5.41, 5.74) is 2.62. The Labute approximate surface area is 156 Å². The van der Waals surface area contributed by atoms with E-state index in [1.165, 1.54) is 0 Å². The zero-order chi connectivity index (χ0) is 17.9. The van der Waals surface area contributed by atoms with Crippen molar-refractivity contribution in [2.45, 2.75) is 31.6 Å². The van der Waals surface area contributed by atoms with E-state index in [9.17, 15) is 4.79 Å². The number of halogens is 1. The highest BCUT2D eigenvalue weighted by Crippen LogP contribution is 2.38. The summed E-state index contributed by atoms with van der Waals surface area (Å²) in [7, 11) is 0. The fourth-order valence-corrected chi connectivity index (χ4v) is 2.91. The van der Waals surface area contributed by atoms with Gasteiger partial charge in [0.25, 0.3) is 0 Å². The van der Waals surface area contributed by atoms with Gasteiger partial charge in [-0.3, -0.25) is 4.79 Å². The molecule has 1 aliphatic rings. The molecule has 0 bridgehead atoms. The van der Waals surface area contributed by atoms with Crippen LogP contribution < -0.4 is 5.32 Å². The summed E-state index contributed by atoms with van der Waals surface area (Å²) in [4.78, 5) is 16.8. The second kappa shape index (κ2) is 7.30. The Morgan fingerprint density at radius 3 is 2.69 bits per heavy atom. The Balaban J connectivity index is 1.44. The number of rotatable bonds is 6. The number of hydrogen-bond acceptors (Lipinski definition) is 4. The lowest BCUT2D eigenvalue weighted by atomic mass is 10.1. The minimum atomic E-state index is -0.0797. The van der Waals surface area contributed by atoms with E-state index in [1.807, 2.05) is 36.4 Å². The van der Waals surface area contributed by atoms with E-state index in [4.69, 9.17) is 16.1 Å². The molecule has 1 heterocycles. The van der Waals surface area contributed by atoms with Crippen LogP contribution in [0.4, 0.5) is 5.69 Å². The van der Waals surface area contributed by atoms with Gasteiger partial charge in [0.05, 0.1) is 12.8 Å². The molecule has 26 heavy (non-hydrogen) atoms. The fourth-order valence-electron chi connectivity index (χ4n) is 2.79. The van der Waals surface area contributed by atoms with Crippen molar-refractivity contribution in [3.8, 4) is 0 Å². The lowest BCUT2D eigenvalue weighted by Gasteiger charge is -2.10. The molecule has 6 heteroatoms. The number of amides is 1. The van der Waals surface area contributed by atoms with Gasteiger partial charge in [0.1, 0.15) is 0 Å². The van der Waals surface area contributed by atoms with Crippen molar-refractivity contribution in [2.75, 3.05) is 5.32 Å². The van der Waals surface area contributed by atoms with Crippen LogP contribution in [0.1, 0.15) is 41.6 Å². The van der Waals surface area contributed by atoms with Crippen molar-refractivity contribution < 1.29 is 9.32 Å². The Morgan fingerprint density at radius 2 is 1.92 bits per heavy atom. The molecule has 0 unspecified atom stereocenters. The lowest BCUT2D eigenvalue weighted by Crippen LogP contribution is -2.15. The lowest BCUT2D eigenvalue weighted by molar-refractivity contribution is -0.115. The molecule has 0 aliphatic heterocycles. The van der Waals surface area contributed by atoms with E-state index in [1.54, 1.807) is 12.1 Å². The first-order chi connectivity index (χ1) is 12.7. The minimum absolute atomic E-state index is 0.0797. The zero-order valence-corrected chi connectivity index (χ0v) is 14.9. The highest BCUT2D eigenvalue weighted by Gasteiger charge is 2.28. The van der Waals surface area contributed by atoms with Crippen LogP contribution in [-0.2, 0) is 17.6 Å². The highest BCUT2D eigenvalue weighted by molar-refractivity contribution is 6.30. The number of nitrogens with one attached hydrogen (secondary N) is 1. The summed E-state index contributed by atoms with van der Waals surface area (Å²) in [5.74, 6) is 1.75. The number of hydrogen-bond donors (Lipinski definition) is 1. The van der Waals surface area contributed by atoms with Gasteiger partial charge in [-0.25, -0.2) is 0 Å². The highest BCUT2D eigenvalue weighted by atomic mass is 35.5. The second-order valence-electron chi connectivity index (χ2n) is 6.51. The molecule has 3 aromatic rings. The summed E-state index contributed by atoms with van der Waals surface area (Å²) >= 11 is 5.88. The summed E-state index contributed by atoms with van der Waals surface area (Å²) in [5, 5.41) is 7.67. The average molecular weight is 368 g/mol. The molecule has 1 amide bonds. The van der Waals surface area contributed by atoms with Crippen molar-refractivity contribution in [2.24, 2.45) is 0 Å². The van der Waals surface area contributed by atoms with Gasteiger partial charge in [-0.1, -0.05) is 47.1 Å². The fraction of sp³-hybridized carbons (Fsp3) is 0.250. The molecule has 1 fully saturated rings. The number of carbonyl (C=O) groups excluding carboxylic acids is 1. The molecule has 1 N–H and O–H groups in total. The van der Waals surface area contributed by atoms with Gasteiger partial charge in [-0.15, -0.1) is 0 Å². The molecular weight excluding hydrogens is 350 g/mol. The van der Waals surface area contributed by atoms with Gasteiger partial charge in [-0.05, 0) is 42.2 Å². The van der Waals surface area contributed by atoms with Crippen molar-refractivity contribution in [3.05, 3.63) is 76.4 Å². The predicted molar refractivity (Wildman–Crippen MR) is 99.3 cm³/mol. The van der Waals surface area contributed by atoms with Crippen LogP contribution in [0.2, 0.25) is 5.02 Å². The first kappa shape index (κ1) is 16.8. The van der Waals surface area contributed by atoms with Gasteiger partial charge in [-0.2, -0.15) is 4.98 Å². The largest absolute Gasteiger partial charge is 0.339 e. The van der Waals surface area contributed by atoms with Crippen LogP contribution in [0, 0.1) is 0 Å². The van der Waals surface area contributed by atoms with Gasteiger partial charge >= 0.3 is 0 Å². The average Bonchev–Trinajstić information content (AvgIpc) is 3.38. The summed E-state index contributed by atoms with van der Waals surface area (Å²) in [6.45, 7) is 0. The van der Waals surface area contributed by atoms with Gasteiger partial charge in [0.15, 0.2) is 5.82 Å². The van der Waals surface area contributed by atoms with E-state index in [0.29, 0.717) is 23.3 Å². The SMILES string of the molecule is O=C(Cc1ccc(Cl)cc1)Nc1ccccc1Cc1nc(C2CC2)no1. The van der Waals surface area contributed by atoms with Gasteiger partial charge < -0.3 is 9.84 Å². The van der Waals surface area contributed by atoms with Crippen LogP contribution in [0.15, 0.2) is 53.1 Å². The van der Waals surface area contributed by atoms with Crippen LogP contribution in [0.25, 0.3) is 0 Å². The third-order valence-corrected chi connectivity index (χ3v) is 4.59. The Hall–Kier alpha value is -2.66. The third-order valence-electron chi connectivity index (χ3n) is 4.34. The molecule has 1 saturated carbocycles. The third kappa shape index (κ3) is 4.11. The zero-order valence-electron chi connectivity index (χ0n) is 14.1. The van der Waals surface area contributed by atoms with Crippen molar-refractivity contribution in [1.82, 2.24) is 10.1 Å². The van der Waals surface area contributed by atoms with Gasteiger partial charge in [0.2, 0.25) is 11.8 Å². The number of carbonyl (C=O) groups is 1. The van der Waals surface area contributed by atoms with Crippen LogP contribution in [-0.4, -0.2) is 16.0 Å². The topological polar surface area (TPSA) is 68.0 Å². The Bertz CT molecular complexity index is 917. The predicted octanol–water partition coefficient (Wildman–Crippen LogP) is 4.37. The summed E-state index contributed by atoms with van der Waals surface area (Å²) < 4.78 is 5.35.